The minimum absolute atomic E-state index is 0.256. The van der Waals surface area contributed by atoms with Gasteiger partial charge < -0.3 is 9.84 Å². The van der Waals surface area contributed by atoms with Gasteiger partial charge in [-0.05, 0) is 12.5 Å². The number of hydrogen-bond acceptors (Lipinski definition) is 2. The lowest BCUT2D eigenvalue weighted by molar-refractivity contribution is 0.0140. The zero-order chi connectivity index (χ0) is 10.4. The fourth-order valence-corrected chi connectivity index (χ4v) is 1.85. The van der Waals surface area contributed by atoms with Crippen LogP contribution in [0.25, 0.3) is 0 Å². The van der Waals surface area contributed by atoms with E-state index in [0.717, 1.165) is 12.8 Å². The minimum Gasteiger partial charge on any atom is -0.512 e. The second kappa shape index (κ2) is 5.20. The van der Waals surface area contributed by atoms with E-state index in [0.29, 0.717) is 12.2 Å². The molecule has 14 heavy (non-hydrogen) atoms. The van der Waals surface area contributed by atoms with Gasteiger partial charge in [-0.2, -0.15) is 0 Å². The van der Waals surface area contributed by atoms with Gasteiger partial charge in [0.25, 0.3) is 0 Å². The highest BCUT2D eigenvalue weighted by molar-refractivity contribution is 5.21. The maximum absolute atomic E-state index is 9.46. The van der Waals surface area contributed by atoms with Gasteiger partial charge in [-0.1, -0.05) is 38.3 Å². The largest absolute Gasteiger partial charge is 0.512 e. The zero-order valence-electron chi connectivity index (χ0n) is 9.12. The molecule has 0 fully saturated rings. The van der Waals surface area contributed by atoms with Crippen molar-refractivity contribution >= 4 is 0 Å². The summed E-state index contributed by atoms with van der Waals surface area (Å²) in [6, 6.07) is 0. The molecule has 80 valence electrons. The summed E-state index contributed by atoms with van der Waals surface area (Å²) in [5.41, 5.74) is -0.256. The molecule has 1 rings (SSSR count). The number of allylic oxidation sites excluding steroid dienone is 2. The number of ether oxygens (including phenoxy) is 1. The molecule has 0 amide bonds. The number of aliphatic hydroxyl groups excluding tert-OH is 1. The Hall–Kier alpha value is -0.760. The van der Waals surface area contributed by atoms with Gasteiger partial charge in [0.15, 0.2) is 0 Å². The van der Waals surface area contributed by atoms with Gasteiger partial charge in [-0.3, -0.25) is 0 Å². The maximum atomic E-state index is 9.46. The molecule has 0 radical (unpaired) electrons. The molecule has 2 heteroatoms. The van der Waals surface area contributed by atoms with Crippen molar-refractivity contribution < 1.29 is 9.84 Å². The van der Waals surface area contributed by atoms with Crippen molar-refractivity contribution in [2.24, 2.45) is 0 Å². The summed E-state index contributed by atoms with van der Waals surface area (Å²) in [7, 11) is 1.72. The molecule has 0 aromatic carbocycles. The average Bonchev–Trinajstić information content (AvgIpc) is 2.18. The van der Waals surface area contributed by atoms with Crippen molar-refractivity contribution in [2.75, 3.05) is 7.11 Å². The van der Waals surface area contributed by atoms with Gasteiger partial charge in [0.05, 0.1) is 11.4 Å². The molecule has 0 spiro atoms. The monoisotopic (exact) mass is 196 g/mol. The normalized spacial score (nSPS) is 26.3. The van der Waals surface area contributed by atoms with E-state index in [1.807, 2.05) is 6.08 Å². The summed E-state index contributed by atoms with van der Waals surface area (Å²) in [5, 5.41) is 9.46. The molecule has 1 N–H and O–H groups in total. The van der Waals surface area contributed by atoms with E-state index in [9.17, 15) is 5.11 Å². The quantitative estimate of drug-likeness (QED) is 0.683. The first-order valence-electron chi connectivity index (χ1n) is 5.35. The van der Waals surface area contributed by atoms with Crippen molar-refractivity contribution in [1.29, 1.82) is 0 Å². The van der Waals surface area contributed by atoms with Crippen molar-refractivity contribution in [1.82, 2.24) is 0 Å². The van der Waals surface area contributed by atoms with Crippen LogP contribution >= 0.6 is 0 Å². The fraction of sp³-hybridized carbons (Fsp3) is 0.667. The highest BCUT2D eigenvalue weighted by Crippen LogP contribution is 2.30. The first-order chi connectivity index (χ1) is 6.72. The van der Waals surface area contributed by atoms with Crippen molar-refractivity contribution in [2.45, 2.75) is 44.6 Å². The van der Waals surface area contributed by atoms with Gasteiger partial charge in [0.1, 0.15) is 0 Å². The van der Waals surface area contributed by atoms with Crippen molar-refractivity contribution in [3.05, 3.63) is 24.0 Å². The predicted octanol–water partition coefficient (Wildman–Crippen LogP) is 3.35. The Balaban J connectivity index is 2.51. The molecule has 1 aliphatic rings. The Kier molecular flexibility index (Phi) is 4.21. The lowest BCUT2D eigenvalue weighted by Gasteiger charge is -2.30. The van der Waals surface area contributed by atoms with Crippen LogP contribution < -0.4 is 0 Å². The Labute approximate surface area is 86.3 Å². The lowest BCUT2D eigenvalue weighted by atomic mass is 9.88. The Bertz CT molecular complexity index is 230. The zero-order valence-corrected chi connectivity index (χ0v) is 9.12. The van der Waals surface area contributed by atoms with Gasteiger partial charge in [0.2, 0.25) is 0 Å². The number of aliphatic hydroxyl groups is 1. The molecule has 1 atom stereocenters. The van der Waals surface area contributed by atoms with E-state index in [2.05, 4.69) is 13.0 Å². The van der Waals surface area contributed by atoms with Crippen molar-refractivity contribution in [3.8, 4) is 0 Å². The maximum Gasteiger partial charge on any atom is 0.0954 e. The number of rotatable bonds is 5. The van der Waals surface area contributed by atoms with Crippen LogP contribution in [0.3, 0.4) is 0 Å². The molecule has 0 saturated heterocycles. The SMILES string of the molecule is CCCCCC1(OC)C=CC=C(O)C1. The minimum atomic E-state index is -0.256. The summed E-state index contributed by atoms with van der Waals surface area (Å²) < 4.78 is 5.51. The predicted molar refractivity (Wildman–Crippen MR) is 58.4 cm³/mol. The molecular weight excluding hydrogens is 176 g/mol. The summed E-state index contributed by atoms with van der Waals surface area (Å²) in [6.07, 6.45) is 10.9. The van der Waals surface area contributed by atoms with Crippen LogP contribution in [0.4, 0.5) is 0 Å². The molecule has 0 aromatic rings. The first kappa shape index (κ1) is 11.3. The van der Waals surface area contributed by atoms with E-state index in [1.165, 1.54) is 12.8 Å². The molecule has 0 aliphatic heterocycles. The van der Waals surface area contributed by atoms with E-state index < -0.39 is 0 Å². The van der Waals surface area contributed by atoms with Crippen LogP contribution in [0, 0.1) is 0 Å². The second-order valence-electron chi connectivity index (χ2n) is 3.92. The Morgan fingerprint density at radius 3 is 2.86 bits per heavy atom. The molecule has 0 saturated carbocycles. The van der Waals surface area contributed by atoms with Gasteiger partial charge >= 0.3 is 0 Å². The number of unbranched alkanes of at least 4 members (excludes halogenated alkanes) is 2. The van der Waals surface area contributed by atoms with Crippen LogP contribution in [-0.4, -0.2) is 17.8 Å². The smallest absolute Gasteiger partial charge is 0.0954 e. The molecule has 1 unspecified atom stereocenters. The third kappa shape index (κ3) is 2.88. The third-order valence-corrected chi connectivity index (χ3v) is 2.78. The number of hydrogen-bond donors (Lipinski definition) is 1. The standard InChI is InChI=1S/C12H20O2/c1-3-4-5-8-12(14-2)9-6-7-11(13)10-12/h6-7,9,13H,3-5,8,10H2,1-2H3. The van der Waals surface area contributed by atoms with Gasteiger partial charge in [0, 0.05) is 13.5 Å². The van der Waals surface area contributed by atoms with Gasteiger partial charge in [-0.15, -0.1) is 0 Å². The molecular formula is C12H20O2. The second-order valence-corrected chi connectivity index (χ2v) is 3.92. The Morgan fingerprint density at radius 1 is 1.50 bits per heavy atom. The van der Waals surface area contributed by atoms with E-state index in [4.69, 9.17) is 4.74 Å². The van der Waals surface area contributed by atoms with Crippen LogP contribution in [0.1, 0.15) is 39.0 Å². The van der Waals surface area contributed by atoms with Crippen LogP contribution in [-0.2, 0) is 4.74 Å². The molecule has 0 heterocycles. The van der Waals surface area contributed by atoms with E-state index >= 15 is 0 Å². The highest BCUT2D eigenvalue weighted by Gasteiger charge is 2.29. The fourth-order valence-electron chi connectivity index (χ4n) is 1.85. The van der Waals surface area contributed by atoms with E-state index in [-0.39, 0.29) is 5.60 Å². The molecule has 1 aliphatic carbocycles. The number of methoxy groups -OCH3 is 1. The van der Waals surface area contributed by atoms with E-state index in [1.54, 1.807) is 13.2 Å². The molecule has 0 aromatic heterocycles. The highest BCUT2D eigenvalue weighted by atomic mass is 16.5. The van der Waals surface area contributed by atoms with Gasteiger partial charge in [-0.25, -0.2) is 0 Å². The summed E-state index contributed by atoms with van der Waals surface area (Å²) in [5.74, 6) is 0.422. The van der Waals surface area contributed by atoms with Crippen molar-refractivity contribution in [3.63, 3.8) is 0 Å². The summed E-state index contributed by atoms with van der Waals surface area (Å²) in [6.45, 7) is 2.19. The van der Waals surface area contributed by atoms with Crippen LogP contribution in [0.5, 0.6) is 0 Å². The Morgan fingerprint density at radius 2 is 2.29 bits per heavy atom. The third-order valence-electron chi connectivity index (χ3n) is 2.78. The summed E-state index contributed by atoms with van der Waals surface area (Å²) in [4.78, 5) is 0. The first-order valence-corrected chi connectivity index (χ1v) is 5.35. The van der Waals surface area contributed by atoms with Crippen LogP contribution in [0.15, 0.2) is 24.0 Å². The average molecular weight is 196 g/mol. The topological polar surface area (TPSA) is 29.5 Å². The summed E-state index contributed by atoms with van der Waals surface area (Å²) >= 11 is 0. The molecule has 2 nitrogen and oxygen atoms in total. The molecule has 0 bridgehead atoms. The lowest BCUT2D eigenvalue weighted by Crippen LogP contribution is -2.30. The van der Waals surface area contributed by atoms with Crippen LogP contribution in [0.2, 0.25) is 0 Å².